The van der Waals surface area contributed by atoms with E-state index in [0.29, 0.717) is 23.5 Å². The van der Waals surface area contributed by atoms with Crippen molar-refractivity contribution in [2.45, 2.75) is 25.3 Å². The Morgan fingerprint density at radius 3 is 2.70 bits per heavy atom. The van der Waals surface area contributed by atoms with E-state index in [1.807, 2.05) is 12.1 Å². The van der Waals surface area contributed by atoms with Gasteiger partial charge in [-0.25, -0.2) is 9.78 Å². The molecule has 1 aliphatic carbocycles. The highest BCUT2D eigenvalue weighted by Gasteiger charge is 2.31. The largest absolute Gasteiger partial charge is 0.465 e. The summed E-state index contributed by atoms with van der Waals surface area (Å²) in [6, 6.07) is 7.10. The normalized spacial score (nSPS) is 13.4. The topological polar surface area (TPSA) is 87.0 Å². The van der Waals surface area contributed by atoms with Crippen LogP contribution in [0.1, 0.15) is 40.4 Å². The molecule has 7 nitrogen and oxygen atoms in total. The molecule has 0 aliphatic heterocycles. The third kappa shape index (κ3) is 3.48. The molecule has 0 spiro atoms. The minimum absolute atomic E-state index is 0.0507. The van der Waals surface area contributed by atoms with Crippen molar-refractivity contribution in [1.29, 1.82) is 0 Å². The van der Waals surface area contributed by atoms with Gasteiger partial charge in [0.2, 0.25) is 0 Å². The first-order valence-corrected chi connectivity index (χ1v) is 8.70. The fourth-order valence-corrected chi connectivity index (χ4v) is 3.02. The first kappa shape index (κ1) is 17.1. The zero-order valence-corrected chi connectivity index (χ0v) is 14.8. The number of ether oxygens (including phenoxy) is 1. The van der Waals surface area contributed by atoms with Crippen molar-refractivity contribution in [2.75, 3.05) is 7.11 Å². The number of rotatable bonds is 5. The van der Waals surface area contributed by atoms with Crippen LogP contribution in [0.25, 0.3) is 11.3 Å². The lowest BCUT2D eigenvalue weighted by molar-refractivity contribution is 0.0600. The summed E-state index contributed by atoms with van der Waals surface area (Å²) < 4.78 is 6.23. The number of aromatic nitrogens is 4. The number of carbonyl (C=O) groups is 1. The van der Waals surface area contributed by atoms with Gasteiger partial charge < -0.3 is 4.74 Å². The Morgan fingerprint density at radius 2 is 2.07 bits per heavy atom. The Bertz CT molecular complexity index is 1030. The monoisotopic (exact) mass is 362 g/mol. The molecule has 0 unspecified atom stereocenters. The second-order valence-corrected chi connectivity index (χ2v) is 6.49. The van der Waals surface area contributed by atoms with Gasteiger partial charge in [0, 0.05) is 29.7 Å². The minimum Gasteiger partial charge on any atom is -0.465 e. The van der Waals surface area contributed by atoms with Crippen LogP contribution >= 0.6 is 0 Å². The number of carbonyl (C=O) groups excluding carboxylic acids is 1. The molecule has 0 radical (unpaired) electrons. The number of esters is 1. The number of nitrogens with zero attached hydrogens (tertiary/aromatic N) is 4. The van der Waals surface area contributed by atoms with Crippen LogP contribution in [0.2, 0.25) is 0 Å². The van der Waals surface area contributed by atoms with Gasteiger partial charge in [0.1, 0.15) is 0 Å². The molecule has 136 valence electrons. The van der Waals surface area contributed by atoms with Gasteiger partial charge in [0.15, 0.2) is 0 Å². The van der Waals surface area contributed by atoms with E-state index >= 15 is 0 Å². The first-order valence-electron chi connectivity index (χ1n) is 8.70. The van der Waals surface area contributed by atoms with Gasteiger partial charge in [-0.2, -0.15) is 0 Å². The smallest absolute Gasteiger partial charge is 0.339 e. The molecule has 1 aliphatic rings. The van der Waals surface area contributed by atoms with E-state index < -0.39 is 5.97 Å². The molecule has 7 heteroatoms. The molecule has 0 amide bonds. The quantitative estimate of drug-likeness (QED) is 0.648. The van der Waals surface area contributed by atoms with Crippen LogP contribution in [0.15, 0.2) is 54.0 Å². The van der Waals surface area contributed by atoms with Crippen molar-refractivity contribution in [1.82, 2.24) is 19.5 Å². The van der Waals surface area contributed by atoms with Crippen molar-refractivity contribution >= 4 is 5.97 Å². The molecular weight excluding hydrogens is 344 g/mol. The number of pyridine rings is 2. The highest BCUT2D eigenvalue weighted by Crippen LogP contribution is 2.41. The highest BCUT2D eigenvalue weighted by atomic mass is 16.5. The van der Waals surface area contributed by atoms with E-state index in [9.17, 15) is 9.59 Å². The highest BCUT2D eigenvalue weighted by molar-refractivity contribution is 5.88. The molecule has 0 aromatic carbocycles. The molecule has 27 heavy (non-hydrogen) atoms. The van der Waals surface area contributed by atoms with Gasteiger partial charge in [-0.1, -0.05) is 0 Å². The maximum absolute atomic E-state index is 13.1. The van der Waals surface area contributed by atoms with E-state index in [-0.39, 0.29) is 11.5 Å². The van der Waals surface area contributed by atoms with Crippen molar-refractivity contribution in [3.8, 4) is 11.3 Å². The summed E-state index contributed by atoms with van der Waals surface area (Å²) in [5.74, 6) is -0.188. The standard InChI is InChI=1S/C20H18N4O3/c1-27-20(26)15-6-7-16(22-10-15)11-24-12-23-18(14-3-2-8-21-9-14)17(19(24)25)13-4-5-13/h2-3,6-10,12-13H,4-5,11H2,1H3. The van der Waals surface area contributed by atoms with Crippen molar-refractivity contribution < 1.29 is 9.53 Å². The van der Waals surface area contributed by atoms with Crippen molar-refractivity contribution in [3.05, 3.63) is 76.4 Å². The molecular formula is C20H18N4O3. The molecule has 0 N–H and O–H groups in total. The Morgan fingerprint density at radius 1 is 1.22 bits per heavy atom. The summed E-state index contributed by atoms with van der Waals surface area (Å²) in [7, 11) is 1.32. The SMILES string of the molecule is COC(=O)c1ccc(Cn2cnc(-c3cccnc3)c(C3CC3)c2=O)nc1. The maximum atomic E-state index is 13.1. The average molecular weight is 362 g/mol. The molecule has 3 aromatic rings. The minimum atomic E-state index is -0.440. The van der Waals surface area contributed by atoms with Gasteiger partial charge in [-0.05, 0) is 43.0 Å². The molecule has 3 aromatic heterocycles. The van der Waals surface area contributed by atoms with Crippen LogP contribution < -0.4 is 5.56 Å². The van der Waals surface area contributed by atoms with Crippen LogP contribution in [0.4, 0.5) is 0 Å². The van der Waals surface area contributed by atoms with Crippen LogP contribution in [0, 0.1) is 0 Å². The summed E-state index contributed by atoms with van der Waals surface area (Å²) >= 11 is 0. The Balaban J connectivity index is 1.67. The van der Waals surface area contributed by atoms with Crippen LogP contribution in [0.5, 0.6) is 0 Å². The predicted molar refractivity (Wildman–Crippen MR) is 98.4 cm³/mol. The van der Waals surface area contributed by atoms with Gasteiger partial charge in [0.05, 0.1) is 36.9 Å². The van der Waals surface area contributed by atoms with E-state index in [1.165, 1.54) is 13.3 Å². The maximum Gasteiger partial charge on any atom is 0.339 e. The summed E-state index contributed by atoms with van der Waals surface area (Å²) in [6.45, 7) is 0.292. The lowest BCUT2D eigenvalue weighted by Gasteiger charge is -2.11. The first-order chi connectivity index (χ1) is 13.2. The fraction of sp³-hybridized carbons (Fsp3) is 0.250. The van der Waals surface area contributed by atoms with Gasteiger partial charge in [-0.15, -0.1) is 0 Å². The van der Waals surface area contributed by atoms with Crippen LogP contribution in [-0.2, 0) is 11.3 Å². The summed E-state index contributed by atoms with van der Waals surface area (Å²) in [5, 5.41) is 0. The van der Waals surface area contributed by atoms with E-state index in [0.717, 1.165) is 24.0 Å². The molecule has 1 saturated carbocycles. The molecule has 0 saturated heterocycles. The van der Waals surface area contributed by atoms with E-state index in [1.54, 1.807) is 35.4 Å². The van der Waals surface area contributed by atoms with Gasteiger partial charge in [0.25, 0.3) is 5.56 Å². The third-order valence-electron chi connectivity index (χ3n) is 4.57. The molecule has 1 fully saturated rings. The fourth-order valence-electron chi connectivity index (χ4n) is 3.02. The number of hydrogen-bond acceptors (Lipinski definition) is 6. The lowest BCUT2D eigenvalue weighted by atomic mass is 10.1. The van der Waals surface area contributed by atoms with E-state index in [4.69, 9.17) is 0 Å². The summed E-state index contributed by atoms with van der Waals surface area (Å²) in [5.41, 5.74) is 3.30. The molecule has 3 heterocycles. The van der Waals surface area contributed by atoms with E-state index in [2.05, 4.69) is 19.7 Å². The van der Waals surface area contributed by atoms with Crippen molar-refractivity contribution in [2.24, 2.45) is 0 Å². The second kappa shape index (κ2) is 7.11. The number of methoxy groups -OCH3 is 1. The Hall–Kier alpha value is -3.35. The molecule has 0 atom stereocenters. The predicted octanol–water partition coefficient (Wildman–Crippen LogP) is 2.41. The molecule has 0 bridgehead atoms. The number of hydrogen-bond donors (Lipinski definition) is 0. The molecule has 4 rings (SSSR count). The third-order valence-corrected chi connectivity index (χ3v) is 4.57. The van der Waals surface area contributed by atoms with Gasteiger partial charge in [-0.3, -0.25) is 19.3 Å². The van der Waals surface area contributed by atoms with Crippen LogP contribution in [0.3, 0.4) is 0 Å². The van der Waals surface area contributed by atoms with Crippen molar-refractivity contribution in [3.63, 3.8) is 0 Å². The summed E-state index contributed by atoms with van der Waals surface area (Å²) in [4.78, 5) is 37.5. The zero-order valence-electron chi connectivity index (χ0n) is 14.8. The van der Waals surface area contributed by atoms with Gasteiger partial charge >= 0.3 is 5.97 Å². The second-order valence-electron chi connectivity index (χ2n) is 6.49. The van der Waals surface area contributed by atoms with Crippen LogP contribution in [-0.4, -0.2) is 32.6 Å². The zero-order chi connectivity index (χ0) is 18.8. The summed E-state index contributed by atoms with van der Waals surface area (Å²) in [6.07, 6.45) is 8.43. The average Bonchev–Trinajstić information content (AvgIpc) is 3.55. The Kier molecular flexibility index (Phi) is 4.50. The Labute approximate surface area is 155 Å². The lowest BCUT2D eigenvalue weighted by Crippen LogP contribution is -2.26.